The van der Waals surface area contributed by atoms with Gasteiger partial charge in [0, 0.05) is 26.2 Å². The van der Waals surface area contributed by atoms with E-state index in [2.05, 4.69) is 5.16 Å². The number of aromatic nitrogens is 1. The van der Waals surface area contributed by atoms with Crippen molar-refractivity contribution in [2.75, 3.05) is 26.2 Å². The van der Waals surface area contributed by atoms with E-state index in [0.717, 1.165) is 12.0 Å². The summed E-state index contributed by atoms with van der Waals surface area (Å²) in [5.41, 5.74) is 2.12. The van der Waals surface area contributed by atoms with E-state index in [9.17, 15) is 13.2 Å². The third-order valence-electron chi connectivity index (χ3n) is 4.74. The maximum absolute atomic E-state index is 12.8. The molecule has 2 heterocycles. The smallest absolute Gasteiger partial charge is 0.259 e. The van der Waals surface area contributed by atoms with Crippen molar-refractivity contribution in [3.05, 3.63) is 46.8 Å². The molecule has 0 radical (unpaired) electrons. The second-order valence-electron chi connectivity index (χ2n) is 6.39. The molecule has 0 aliphatic carbocycles. The molecular weight excluding hydrogens is 354 g/mol. The van der Waals surface area contributed by atoms with Gasteiger partial charge in [-0.2, -0.15) is 4.31 Å². The molecule has 0 spiro atoms. The maximum Gasteiger partial charge on any atom is 0.259 e. The van der Waals surface area contributed by atoms with Crippen LogP contribution in [0.15, 0.2) is 33.7 Å². The molecule has 0 atom stereocenters. The summed E-state index contributed by atoms with van der Waals surface area (Å²) in [6, 6.07) is 6.97. The molecular formula is C18H23N3O4S. The van der Waals surface area contributed by atoms with Gasteiger partial charge in [0.25, 0.3) is 5.91 Å². The van der Waals surface area contributed by atoms with Crippen molar-refractivity contribution in [1.29, 1.82) is 0 Å². The Bertz CT molecular complexity index is 876. The minimum atomic E-state index is -3.54. The largest absolute Gasteiger partial charge is 0.361 e. The molecule has 1 aliphatic heterocycles. The lowest BCUT2D eigenvalue weighted by Crippen LogP contribution is -2.50. The van der Waals surface area contributed by atoms with Gasteiger partial charge in [-0.05, 0) is 38.0 Å². The van der Waals surface area contributed by atoms with E-state index >= 15 is 0 Å². The van der Waals surface area contributed by atoms with Crippen LogP contribution in [-0.2, 0) is 16.4 Å². The monoisotopic (exact) mass is 377 g/mol. The van der Waals surface area contributed by atoms with E-state index in [4.69, 9.17) is 4.52 Å². The lowest BCUT2D eigenvalue weighted by atomic mass is 10.1. The van der Waals surface area contributed by atoms with Crippen molar-refractivity contribution in [2.45, 2.75) is 32.1 Å². The van der Waals surface area contributed by atoms with Gasteiger partial charge in [0.15, 0.2) is 0 Å². The summed E-state index contributed by atoms with van der Waals surface area (Å²) in [6.45, 7) is 6.68. The number of hydrogen-bond donors (Lipinski definition) is 0. The highest BCUT2D eigenvalue weighted by Gasteiger charge is 2.32. The number of piperazine rings is 1. The van der Waals surface area contributed by atoms with Crippen LogP contribution in [0.5, 0.6) is 0 Å². The fourth-order valence-electron chi connectivity index (χ4n) is 3.12. The maximum atomic E-state index is 12.8. The predicted molar refractivity (Wildman–Crippen MR) is 96.5 cm³/mol. The van der Waals surface area contributed by atoms with Crippen LogP contribution in [0.4, 0.5) is 0 Å². The molecule has 0 unspecified atom stereocenters. The summed E-state index contributed by atoms with van der Waals surface area (Å²) in [7, 11) is -3.54. The highest BCUT2D eigenvalue weighted by atomic mass is 32.2. The molecule has 2 aromatic rings. The number of amides is 1. The van der Waals surface area contributed by atoms with Gasteiger partial charge in [-0.15, -0.1) is 0 Å². The van der Waals surface area contributed by atoms with Crippen LogP contribution in [0, 0.1) is 13.8 Å². The molecule has 0 saturated carbocycles. The van der Waals surface area contributed by atoms with E-state index in [1.165, 1.54) is 4.31 Å². The molecule has 7 nitrogen and oxygen atoms in total. The lowest BCUT2D eigenvalue weighted by molar-refractivity contribution is 0.0695. The molecule has 1 aliphatic rings. The van der Waals surface area contributed by atoms with Gasteiger partial charge in [-0.25, -0.2) is 8.42 Å². The summed E-state index contributed by atoms with van der Waals surface area (Å²) in [5, 5.41) is 3.81. The van der Waals surface area contributed by atoms with E-state index in [0.29, 0.717) is 35.0 Å². The Morgan fingerprint density at radius 3 is 2.23 bits per heavy atom. The fraction of sp³-hybridized carbons (Fsp3) is 0.444. The number of rotatable bonds is 4. The minimum absolute atomic E-state index is 0.161. The van der Waals surface area contributed by atoms with Gasteiger partial charge in [-0.3, -0.25) is 4.79 Å². The van der Waals surface area contributed by atoms with Crippen LogP contribution in [0.3, 0.4) is 0 Å². The van der Waals surface area contributed by atoms with Gasteiger partial charge in [0.05, 0.1) is 10.6 Å². The SMILES string of the molecule is CCc1ccc(S(=O)(=O)N2CCN(C(=O)c3c(C)noc3C)CC2)cc1. The number of benzene rings is 1. The molecule has 0 N–H and O–H groups in total. The first-order chi connectivity index (χ1) is 12.3. The summed E-state index contributed by atoms with van der Waals surface area (Å²) < 4.78 is 32.1. The zero-order valence-corrected chi connectivity index (χ0v) is 16.0. The molecule has 3 rings (SSSR count). The van der Waals surface area contributed by atoms with Gasteiger partial charge in [-0.1, -0.05) is 24.2 Å². The molecule has 8 heteroatoms. The Kier molecular flexibility index (Phi) is 5.15. The molecule has 26 heavy (non-hydrogen) atoms. The first-order valence-electron chi connectivity index (χ1n) is 8.66. The van der Waals surface area contributed by atoms with Crippen LogP contribution >= 0.6 is 0 Å². The molecule has 1 aromatic heterocycles. The Labute approximate surface area is 153 Å². The van der Waals surface area contributed by atoms with Gasteiger partial charge >= 0.3 is 0 Å². The highest BCUT2D eigenvalue weighted by Crippen LogP contribution is 2.21. The van der Waals surface area contributed by atoms with Crippen LogP contribution in [0.2, 0.25) is 0 Å². The van der Waals surface area contributed by atoms with Gasteiger partial charge in [0.2, 0.25) is 10.0 Å². The number of carbonyl (C=O) groups is 1. The standard InChI is InChI=1S/C18H23N3O4S/c1-4-15-5-7-16(8-6-15)26(23,24)21-11-9-20(10-12-21)18(22)17-13(2)19-25-14(17)3/h5-8H,4,9-12H2,1-3H3. The summed E-state index contributed by atoms with van der Waals surface area (Å²) in [5.74, 6) is 0.323. The van der Waals surface area contributed by atoms with E-state index in [1.54, 1.807) is 30.9 Å². The lowest BCUT2D eigenvalue weighted by Gasteiger charge is -2.34. The number of carbonyl (C=O) groups excluding carboxylic acids is 1. The highest BCUT2D eigenvalue weighted by molar-refractivity contribution is 7.89. The second-order valence-corrected chi connectivity index (χ2v) is 8.33. The molecule has 1 amide bonds. The number of nitrogens with zero attached hydrogens (tertiary/aromatic N) is 3. The summed E-state index contributed by atoms with van der Waals surface area (Å²) >= 11 is 0. The van der Waals surface area contributed by atoms with Crippen molar-refractivity contribution >= 4 is 15.9 Å². The summed E-state index contributed by atoms with van der Waals surface area (Å²) in [4.78, 5) is 14.6. The third kappa shape index (κ3) is 3.39. The van der Waals surface area contributed by atoms with Crippen LogP contribution in [-0.4, -0.2) is 54.9 Å². The van der Waals surface area contributed by atoms with Crippen LogP contribution < -0.4 is 0 Å². The van der Waals surface area contributed by atoms with Crippen molar-refractivity contribution in [3.63, 3.8) is 0 Å². The molecule has 140 valence electrons. The zero-order valence-electron chi connectivity index (χ0n) is 15.2. The van der Waals surface area contributed by atoms with Gasteiger partial charge < -0.3 is 9.42 Å². The summed E-state index contributed by atoms with van der Waals surface area (Å²) in [6.07, 6.45) is 0.864. The van der Waals surface area contributed by atoms with E-state index < -0.39 is 10.0 Å². The average molecular weight is 377 g/mol. The van der Waals surface area contributed by atoms with Crippen molar-refractivity contribution in [3.8, 4) is 0 Å². The average Bonchev–Trinajstić information content (AvgIpc) is 2.99. The molecule has 1 aromatic carbocycles. The number of hydrogen-bond acceptors (Lipinski definition) is 5. The normalized spacial score (nSPS) is 16.0. The quantitative estimate of drug-likeness (QED) is 0.814. The van der Waals surface area contributed by atoms with Crippen molar-refractivity contribution in [1.82, 2.24) is 14.4 Å². The van der Waals surface area contributed by atoms with E-state index in [1.807, 2.05) is 19.1 Å². The number of sulfonamides is 1. The Morgan fingerprint density at radius 2 is 1.73 bits per heavy atom. The third-order valence-corrected chi connectivity index (χ3v) is 6.66. The second kappa shape index (κ2) is 7.20. The first-order valence-corrected chi connectivity index (χ1v) is 10.1. The van der Waals surface area contributed by atoms with Crippen LogP contribution in [0.25, 0.3) is 0 Å². The zero-order chi connectivity index (χ0) is 18.9. The molecule has 0 bridgehead atoms. The predicted octanol–water partition coefficient (Wildman–Crippen LogP) is 2.00. The van der Waals surface area contributed by atoms with Crippen molar-refractivity contribution < 1.29 is 17.7 Å². The fourth-order valence-corrected chi connectivity index (χ4v) is 4.55. The van der Waals surface area contributed by atoms with Gasteiger partial charge in [0.1, 0.15) is 11.3 Å². The first kappa shape index (κ1) is 18.6. The molecule has 1 fully saturated rings. The Hall–Kier alpha value is -2.19. The Morgan fingerprint density at radius 1 is 1.12 bits per heavy atom. The van der Waals surface area contributed by atoms with Crippen LogP contribution in [0.1, 0.15) is 34.3 Å². The Balaban J connectivity index is 1.70. The van der Waals surface area contributed by atoms with Crippen molar-refractivity contribution in [2.24, 2.45) is 0 Å². The number of aryl methyl sites for hydroxylation is 3. The topological polar surface area (TPSA) is 83.7 Å². The molecule has 1 saturated heterocycles. The minimum Gasteiger partial charge on any atom is -0.361 e. The van der Waals surface area contributed by atoms with E-state index in [-0.39, 0.29) is 19.0 Å².